The summed E-state index contributed by atoms with van der Waals surface area (Å²) < 4.78 is 29.3. The second-order valence-electron chi connectivity index (χ2n) is 9.91. The number of anilines is 1. The minimum atomic E-state index is -4.25. The van der Waals surface area contributed by atoms with Gasteiger partial charge in [0.15, 0.2) is 0 Å². The molecule has 10 nitrogen and oxygen atoms in total. The van der Waals surface area contributed by atoms with Gasteiger partial charge >= 0.3 is 0 Å². The van der Waals surface area contributed by atoms with Crippen LogP contribution in [-0.2, 0) is 26.2 Å². The summed E-state index contributed by atoms with van der Waals surface area (Å²) in [7, 11) is -4.25. The van der Waals surface area contributed by atoms with Gasteiger partial charge in [-0.05, 0) is 61.7 Å². The number of amides is 2. The van der Waals surface area contributed by atoms with Gasteiger partial charge in [0, 0.05) is 29.2 Å². The summed E-state index contributed by atoms with van der Waals surface area (Å²) in [6, 6.07) is 19.0. The van der Waals surface area contributed by atoms with Crippen molar-refractivity contribution in [2.45, 2.75) is 56.1 Å². The molecule has 1 N–H and O–H groups in total. The van der Waals surface area contributed by atoms with Crippen LogP contribution in [0.15, 0.2) is 88.2 Å². The summed E-state index contributed by atoms with van der Waals surface area (Å²) in [6.45, 7) is 1.08. The molecule has 4 rings (SSSR count). The van der Waals surface area contributed by atoms with Crippen molar-refractivity contribution in [1.29, 1.82) is 0 Å². The van der Waals surface area contributed by atoms with Crippen molar-refractivity contribution in [2.75, 3.05) is 10.8 Å². The first-order chi connectivity index (χ1) is 19.6. The van der Waals surface area contributed by atoms with Crippen LogP contribution in [-0.4, -0.2) is 48.7 Å². The molecule has 12 heteroatoms. The Morgan fingerprint density at radius 3 is 2.20 bits per heavy atom. The summed E-state index contributed by atoms with van der Waals surface area (Å²) in [5, 5.41) is 14.2. The van der Waals surface area contributed by atoms with Crippen molar-refractivity contribution >= 4 is 49.1 Å². The number of nitro benzene ring substituents is 1. The Balaban J connectivity index is 1.68. The number of hydrogen-bond acceptors (Lipinski definition) is 6. The fraction of sp³-hybridized carbons (Fsp3) is 0.310. The molecule has 0 heterocycles. The molecule has 1 fully saturated rings. The van der Waals surface area contributed by atoms with Crippen LogP contribution < -0.4 is 9.62 Å². The fourth-order valence-corrected chi connectivity index (χ4v) is 6.45. The Kier molecular flexibility index (Phi) is 9.77. The van der Waals surface area contributed by atoms with E-state index in [4.69, 9.17) is 0 Å². The van der Waals surface area contributed by atoms with Crippen LogP contribution >= 0.6 is 15.9 Å². The van der Waals surface area contributed by atoms with Crippen molar-refractivity contribution in [3.63, 3.8) is 0 Å². The van der Waals surface area contributed by atoms with E-state index in [0.29, 0.717) is 0 Å². The zero-order valence-electron chi connectivity index (χ0n) is 22.5. The summed E-state index contributed by atoms with van der Waals surface area (Å²) in [5.74, 6) is -0.907. The lowest BCUT2D eigenvalue weighted by Crippen LogP contribution is -2.52. The highest BCUT2D eigenvalue weighted by Crippen LogP contribution is 2.27. The number of nitro groups is 1. The molecular formula is C29H31BrN4O6S. The molecule has 1 saturated carbocycles. The predicted octanol–water partition coefficient (Wildman–Crippen LogP) is 5.03. The molecule has 2 amide bonds. The molecule has 0 bridgehead atoms. The summed E-state index contributed by atoms with van der Waals surface area (Å²) in [4.78, 5) is 39.1. The van der Waals surface area contributed by atoms with Crippen LogP contribution in [0.2, 0.25) is 0 Å². The molecule has 0 saturated heterocycles. The molecule has 1 aliphatic carbocycles. The van der Waals surface area contributed by atoms with Crippen LogP contribution in [0, 0.1) is 10.1 Å². The molecule has 3 aromatic rings. The Morgan fingerprint density at radius 2 is 1.61 bits per heavy atom. The SMILES string of the molecule is C[C@@H](C(=O)NC1CCCC1)N(Cc1ccc(Br)cc1)C(=O)CN(c1ccc([N+](=O)[O-])cc1)S(=O)(=O)c1ccccc1. The lowest BCUT2D eigenvalue weighted by atomic mass is 10.1. The van der Waals surface area contributed by atoms with E-state index in [1.807, 2.05) is 24.3 Å². The number of carbonyl (C=O) groups is 2. The van der Waals surface area contributed by atoms with E-state index < -0.39 is 33.4 Å². The highest BCUT2D eigenvalue weighted by Gasteiger charge is 2.33. The van der Waals surface area contributed by atoms with Gasteiger partial charge in [-0.2, -0.15) is 0 Å². The summed E-state index contributed by atoms with van der Waals surface area (Å²) in [6.07, 6.45) is 3.82. The number of halogens is 1. The van der Waals surface area contributed by atoms with Crippen LogP contribution in [0.3, 0.4) is 0 Å². The van der Waals surface area contributed by atoms with Crippen molar-refractivity contribution in [2.24, 2.45) is 0 Å². The van der Waals surface area contributed by atoms with Crippen LogP contribution in [0.25, 0.3) is 0 Å². The number of rotatable bonds is 11. The highest BCUT2D eigenvalue weighted by atomic mass is 79.9. The monoisotopic (exact) mass is 642 g/mol. The quantitative estimate of drug-likeness (QED) is 0.231. The summed E-state index contributed by atoms with van der Waals surface area (Å²) >= 11 is 3.40. The van der Waals surface area contributed by atoms with Gasteiger partial charge in [-0.25, -0.2) is 8.42 Å². The maximum absolute atomic E-state index is 14.0. The zero-order chi connectivity index (χ0) is 29.6. The predicted molar refractivity (Wildman–Crippen MR) is 159 cm³/mol. The molecule has 1 atom stereocenters. The average molecular weight is 644 g/mol. The first-order valence-corrected chi connectivity index (χ1v) is 15.5. The minimum absolute atomic E-state index is 0.0439. The minimum Gasteiger partial charge on any atom is -0.352 e. The van der Waals surface area contributed by atoms with Gasteiger partial charge in [-0.3, -0.25) is 24.0 Å². The third-order valence-corrected chi connectivity index (χ3v) is 9.41. The smallest absolute Gasteiger partial charge is 0.269 e. The molecule has 0 aromatic heterocycles. The van der Waals surface area contributed by atoms with Crippen LogP contribution in [0.4, 0.5) is 11.4 Å². The number of nitrogens with zero attached hydrogens (tertiary/aromatic N) is 3. The zero-order valence-corrected chi connectivity index (χ0v) is 24.9. The Labute approximate surface area is 247 Å². The second kappa shape index (κ2) is 13.3. The van der Waals surface area contributed by atoms with Gasteiger partial charge in [0.05, 0.1) is 15.5 Å². The van der Waals surface area contributed by atoms with Crippen molar-refractivity contribution in [3.05, 3.63) is 99.0 Å². The first kappa shape index (κ1) is 30.2. The van der Waals surface area contributed by atoms with E-state index in [0.717, 1.165) is 40.0 Å². The van der Waals surface area contributed by atoms with Gasteiger partial charge in [0.1, 0.15) is 12.6 Å². The van der Waals surface area contributed by atoms with Gasteiger partial charge in [0.25, 0.3) is 15.7 Å². The number of carbonyl (C=O) groups excluding carboxylic acids is 2. The Hall–Kier alpha value is -3.77. The highest BCUT2D eigenvalue weighted by molar-refractivity contribution is 9.10. The first-order valence-electron chi connectivity index (χ1n) is 13.2. The lowest BCUT2D eigenvalue weighted by molar-refractivity contribution is -0.384. The molecule has 0 radical (unpaired) electrons. The molecule has 0 unspecified atom stereocenters. The molecule has 3 aromatic carbocycles. The number of nitrogens with one attached hydrogen (secondary N) is 1. The van der Waals surface area contributed by atoms with Gasteiger partial charge < -0.3 is 10.2 Å². The topological polar surface area (TPSA) is 130 Å². The molecule has 1 aliphatic rings. The van der Waals surface area contributed by atoms with E-state index in [9.17, 15) is 28.1 Å². The molecule has 41 heavy (non-hydrogen) atoms. The number of hydrogen-bond donors (Lipinski definition) is 1. The second-order valence-corrected chi connectivity index (χ2v) is 12.7. The van der Waals surface area contributed by atoms with Crippen molar-refractivity contribution < 1.29 is 22.9 Å². The maximum Gasteiger partial charge on any atom is 0.269 e. The number of non-ortho nitro benzene ring substituents is 1. The maximum atomic E-state index is 14.0. The number of benzene rings is 3. The van der Waals surface area contributed by atoms with E-state index in [-0.39, 0.29) is 34.8 Å². The van der Waals surface area contributed by atoms with Gasteiger partial charge in [0.2, 0.25) is 11.8 Å². The van der Waals surface area contributed by atoms with Crippen LogP contribution in [0.5, 0.6) is 0 Å². The van der Waals surface area contributed by atoms with E-state index in [1.165, 1.54) is 41.3 Å². The Morgan fingerprint density at radius 1 is 1.00 bits per heavy atom. The largest absolute Gasteiger partial charge is 0.352 e. The van der Waals surface area contributed by atoms with E-state index >= 15 is 0 Å². The average Bonchev–Trinajstić information content (AvgIpc) is 3.48. The molecule has 216 valence electrons. The standard InChI is InChI=1S/C29H31BrN4O6S/c1-21(29(36)31-24-7-5-6-8-24)32(19-22-11-13-23(30)14-12-22)28(35)20-33(25-15-17-26(18-16-25)34(37)38)41(39,40)27-9-3-2-4-10-27/h2-4,9-18,21,24H,5-8,19-20H2,1H3,(H,31,36)/t21-/m0/s1. The fourth-order valence-electron chi connectivity index (χ4n) is 4.75. The van der Waals surface area contributed by atoms with Crippen molar-refractivity contribution in [3.8, 4) is 0 Å². The molecule has 0 aliphatic heterocycles. The van der Waals surface area contributed by atoms with Crippen molar-refractivity contribution in [1.82, 2.24) is 10.2 Å². The molecular weight excluding hydrogens is 612 g/mol. The summed E-state index contributed by atoms with van der Waals surface area (Å²) in [5.41, 5.74) is 0.625. The Bertz CT molecular complexity index is 1480. The van der Waals surface area contributed by atoms with Crippen LogP contribution in [0.1, 0.15) is 38.2 Å². The lowest BCUT2D eigenvalue weighted by Gasteiger charge is -2.32. The van der Waals surface area contributed by atoms with Gasteiger partial charge in [-0.1, -0.05) is 59.1 Å². The third-order valence-electron chi connectivity index (χ3n) is 7.09. The van der Waals surface area contributed by atoms with Gasteiger partial charge in [-0.15, -0.1) is 0 Å². The van der Waals surface area contributed by atoms with E-state index in [1.54, 1.807) is 25.1 Å². The molecule has 0 spiro atoms. The normalized spacial score (nSPS) is 14.3. The van der Waals surface area contributed by atoms with E-state index in [2.05, 4.69) is 21.2 Å². The number of sulfonamides is 1. The third kappa shape index (κ3) is 7.50.